The van der Waals surface area contributed by atoms with E-state index in [4.69, 9.17) is 23.8 Å². The molecule has 0 aliphatic carbocycles. The molecule has 1 fully saturated rings. The van der Waals surface area contributed by atoms with Crippen molar-refractivity contribution in [2.75, 3.05) is 23.3 Å². The lowest BCUT2D eigenvalue weighted by Crippen LogP contribution is -2.34. The van der Waals surface area contributed by atoms with Crippen LogP contribution in [0, 0.1) is 11.7 Å². The number of rotatable bonds is 4. The van der Waals surface area contributed by atoms with Crippen LogP contribution >= 0.6 is 23.8 Å². The van der Waals surface area contributed by atoms with E-state index in [-0.39, 0.29) is 5.82 Å². The first kappa shape index (κ1) is 18.8. The first-order valence-corrected chi connectivity index (χ1v) is 9.37. The Kier molecular flexibility index (Phi) is 6.21. The number of piperidine rings is 1. The van der Waals surface area contributed by atoms with Crippen molar-refractivity contribution in [3.8, 4) is 0 Å². The summed E-state index contributed by atoms with van der Waals surface area (Å²) in [5, 5.41) is 6.77. The zero-order chi connectivity index (χ0) is 18.5. The molecule has 8 heteroatoms. The Morgan fingerprint density at radius 2 is 1.96 bits per heavy atom. The largest absolute Gasteiger partial charge is 0.358 e. The van der Waals surface area contributed by atoms with Gasteiger partial charge in [0.1, 0.15) is 16.8 Å². The standard InChI is InChI=1S/C18H21ClFN5S/c1-12-6-8-25(9-7-12)16-10-15(19)22-17(23-16)24-18(26)21-11-13-2-4-14(20)5-3-13/h2-5,10,12H,6-9,11H2,1H3,(H2,21,22,23,24,26). The van der Waals surface area contributed by atoms with Crippen LogP contribution in [0.3, 0.4) is 0 Å². The fourth-order valence-electron chi connectivity index (χ4n) is 2.79. The van der Waals surface area contributed by atoms with Crippen LogP contribution in [0.15, 0.2) is 30.3 Å². The molecule has 0 saturated carbocycles. The first-order chi connectivity index (χ1) is 12.5. The maximum absolute atomic E-state index is 12.9. The monoisotopic (exact) mass is 393 g/mol. The van der Waals surface area contributed by atoms with E-state index in [0.717, 1.165) is 43.2 Å². The minimum atomic E-state index is -0.263. The van der Waals surface area contributed by atoms with E-state index < -0.39 is 0 Å². The molecule has 1 aromatic heterocycles. The maximum atomic E-state index is 12.9. The van der Waals surface area contributed by atoms with E-state index in [9.17, 15) is 4.39 Å². The molecule has 26 heavy (non-hydrogen) atoms. The van der Waals surface area contributed by atoms with Gasteiger partial charge in [-0.1, -0.05) is 30.7 Å². The van der Waals surface area contributed by atoms with E-state index >= 15 is 0 Å². The van der Waals surface area contributed by atoms with Crippen LogP contribution in [-0.4, -0.2) is 28.2 Å². The fraction of sp³-hybridized carbons (Fsp3) is 0.389. The summed E-state index contributed by atoms with van der Waals surface area (Å²) in [4.78, 5) is 10.9. The first-order valence-electron chi connectivity index (χ1n) is 8.58. The number of nitrogens with one attached hydrogen (secondary N) is 2. The van der Waals surface area contributed by atoms with Gasteiger partial charge in [0.2, 0.25) is 5.95 Å². The predicted octanol–water partition coefficient (Wildman–Crippen LogP) is 3.99. The molecular formula is C18H21ClFN5S. The van der Waals surface area contributed by atoms with Gasteiger partial charge < -0.3 is 15.5 Å². The van der Waals surface area contributed by atoms with E-state index in [0.29, 0.717) is 22.8 Å². The lowest BCUT2D eigenvalue weighted by Gasteiger charge is -2.31. The zero-order valence-corrected chi connectivity index (χ0v) is 16.1. The lowest BCUT2D eigenvalue weighted by molar-refractivity contribution is 0.436. The molecule has 0 amide bonds. The molecule has 3 rings (SSSR count). The van der Waals surface area contributed by atoms with Crippen molar-refractivity contribution >= 4 is 40.7 Å². The number of aromatic nitrogens is 2. The van der Waals surface area contributed by atoms with Crippen molar-refractivity contribution in [3.63, 3.8) is 0 Å². The minimum Gasteiger partial charge on any atom is -0.358 e. The summed E-state index contributed by atoms with van der Waals surface area (Å²) in [6, 6.07) is 8.02. The van der Waals surface area contributed by atoms with Crippen LogP contribution < -0.4 is 15.5 Å². The van der Waals surface area contributed by atoms with Crippen molar-refractivity contribution in [2.45, 2.75) is 26.3 Å². The third kappa shape index (κ3) is 5.25. The van der Waals surface area contributed by atoms with Crippen LogP contribution in [0.25, 0.3) is 0 Å². The second-order valence-corrected chi connectivity index (χ2v) is 7.27. The second kappa shape index (κ2) is 8.60. The van der Waals surface area contributed by atoms with E-state index in [1.54, 1.807) is 18.2 Å². The average Bonchev–Trinajstić information content (AvgIpc) is 2.61. The molecular weight excluding hydrogens is 373 g/mol. The van der Waals surface area contributed by atoms with Gasteiger partial charge >= 0.3 is 0 Å². The van der Waals surface area contributed by atoms with E-state index in [1.807, 2.05) is 0 Å². The predicted molar refractivity (Wildman–Crippen MR) is 107 cm³/mol. The SMILES string of the molecule is CC1CCN(c2cc(Cl)nc(NC(=S)NCc3ccc(F)cc3)n2)CC1. The van der Waals surface area contributed by atoms with Gasteiger partial charge in [0.15, 0.2) is 5.11 Å². The van der Waals surface area contributed by atoms with Gasteiger partial charge in [-0.05, 0) is 48.7 Å². The van der Waals surface area contributed by atoms with Crippen LogP contribution in [0.5, 0.6) is 0 Å². The summed E-state index contributed by atoms with van der Waals surface area (Å²) in [6.07, 6.45) is 2.28. The molecule has 0 spiro atoms. The highest BCUT2D eigenvalue weighted by atomic mass is 35.5. The van der Waals surface area contributed by atoms with Crippen LogP contribution in [0.2, 0.25) is 5.15 Å². The summed E-state index contributed by atoms with van der Waals surface area (Å²) >= 11 is 11.4. The highest BCUT2D eigenvalue weighted by Crippen LogP contribution is 2.24. The Bertz CT molecular complexity index is 763. The van der Waals surface area contributed by atoms with Crippen LogP contribution in [-0.2, 0) is 6.54 Å². The van der Waals surface area contributed by atoms with Gasteiger partial charge in [-0.3, -0.25) is 0 Å². The van der Waals surface area contributed by atoms with Gasteiger partial charge in [-0.15, -0.1) is 0 Å². The Morgan fingerprint density at radius 1 is 1.27 bits per heavy atom. The number of benzene rings is 1. The summed E-state index contributed by atoms with van der Waals surface area (Å²) < 4.78 is 12.9. The van der Waals surface area contributed by atoms with Gasteiger partial charge in [-0.2, -0.15) is 4.98 Å². The molecule has 0 bridgehead atoms. The molecule has 5 nitrogen and oxygen atoms in total. The van der Waals surface area contributed by atoms with Crippen molar-refractivity contribution in [3.05, 3.63) is 46.9 Å². The molecule has 1 saturated heterocycles. The van der Waals surface area contributed by atoms with E-state index in [1.165, 1.54) is 12.1 Å². The molecule has 1 aliphatic rings. The normalized spacial score (nSPS) is 15.0. The molecule has 2 N–H and O–H groups in total. The minimum absolute atomic E-state index is 0.263. The van der Waals surface area contributed by atoms with Gasteiger partial charge in [0.05, 0.1) is 0 Å². The summed E-state index contributed by atoms with van der Waals surface area (Å²) in [7, 11) is 0. The Morgan fingerprint density at radius 3 is 2.65 bits per heavy atom. The third-order valence-corrected chi connectivity index (χ3v) is 4.82. The second-order valence-electron chi connectivity index (χ2n) is 6.48. The van der Waals surface area contributed by atoms with Crippen LogP contribution in [0.4, 0.5) is 16.2 Å². The molecule has 2 aromatic rings. The number of hydrogen-bond acceptors (Lipinski definition) is 4. The summed E-state index contributed by atoms with van der Waals surface area (Å²) in [6.45, 7) is 4.66. The van der Waals surface area contributed by atoms with Crippen molar-refractivity contribution in [2.24, 2.45) is 5.92 Å². The molecule has 1 aliphatic heterocycles. The smallest absolute Gasteiger partial charge is 0.232 e. The molecule has 1 aromatic carbocycles. The topological polar surface area (TPSA) is 53.1 Å². The summed E-state index contributed by atoms with van der Waals surface area (Å²) in [5.41, 5.74) is 0.922. The number of hydrogen-bond donors (Lipinski definition) is 2. The van der Waals surface area contributed by atoms with Gasteiger partial charge in [-0.25, -0.2) is 9.37 Å². The summed E-state index contributed by atoms with van der Waals surface area (Å²) in [5.74, 6) is 1.65. The fourth-order valence-corrected chi connectivity index (χ4v) is 3.13. The van der Waals surface area contributed by atoms with Crippen molar-refractivity contribution in [1.29, 1.82) is 0 Å². The Hall–Kier alpha value is -1.99. The maximum Gasteiger partial charge on any atom is 0.232 e. The number of halogens is 2. The molecule has 0 atom stereocenters. The molecule has 0 radical (unpaired) electrons. The van der Waals surface area contributed by atoms with Gasteiger partial charge in [0.25, 0.3) is 0 Å². The Balaban J connectivity index is 1.60. The number of anilines is 2. The molecule has 2 heterocycles. The van der Waals surface area contributed by atoms with E-state index in [2.05, 4.69) is 32.4 Å². The number of nitrogens with zero attached hydrogens (tertiary/aromatic N) is 3. The molecule has 138 valence electrons. The highest BCUT2D eigenvalue weighted by molar-refractivity contribution is 7.80. The van der Waals surface area contributed by atoms with Crippen molar-refractivity contribution < 1.29 is 4.39 Å². The number of thiocarbonyl (C=S) groups is 1. The molecule has 0 unspecified atom stereocenters. The lowest BCUT2D eigenvalue weighted by atomic mass is 9.99. The quantitative estimate of drug-likeness (QED) is 0.605. The average molecular weight is 394 g/mol. The zero-order valence-electron chi connectivity index (χ0n) is 14.5. The Labute approximate surface area is 163 Å². The van der Waals surface area contributed by atoms with Crippen LogP contribution in [0.1, 0.15) is 25.3 Å². The third-order valence-electron chi connectivity index (χ3n) is 4.38. The van der Waals surface area contributed by atoms with Crippen molar-refractivity contribution in [1.82, 2.24) is 15.3 Å². The van der Waals surface area contributed by atoms with Gasteiger partial charge in [0, 0.05) is 25.7 Å². The highest BCUT2D eigenvalue weighted by Gasteiger charge is 2.18.